The normalized spacial score (nSPS) is 17.2. The van der Waals surface area contributed by atoms with Crippen molar-refractivity contribution < 1.29 is 4.79 Å². The number of Topliss-reactive ketones (excluding diaryl/α,β-unsaturated/α-hetero) is 1. The summed E-state index contributed by atoms with van der Waals surface area (Å²) in [7, 11) is 0. The van der Waals surface area contributed by atoms with Crippen molar-refractivity contribution in [1.29, 1.82) is 0 Å². The molecule has 1 heterocycles. The predicted molar refractivity (Wildman–Crippen MR) is 99.9 cm³/mol. The van der Waals surface area contributed by atoms with Gasteiger partial charge in [-0.2, -0.15) is 0 Å². The first-order valence-electron chi connectivity index (χ1n) is 8.81. The lowest BCUT2D eigenvalue weighted by Gasteiger charge is -2.26. The Morgan fingerprint density at radius 1 is 0.917 bits per heavy atom. The summed E-state index contributed by atoms with van der Waals surface area (Å²) < 4.78 is 0. The molecule has 0 saturated carbocycles. The molecule has 0 spiro atoms. The molecule has 126 valence electrons. The van der Waals surface area contributed by atoms with Crippen molar-refractivity contribution in [2.75, 3.05) is 19.6 Å². The van der Waals surface area contributed by atoms with Gasteiger partial charge in [-0.15, -0.1) is 0 Å². The number of ketones is 1. The van der Waals surface area contributed by atoms with Crippen LogP contribution in [0.4, 0.5) is 0 Å². The lowest BCUT2D eigenvalue weighted by molar-refractivity contribution is 0.0934. The van der Waals surface area contributed by atoms with E-state index in [2.05, 4.69) is 17.0 Å². The molecule has 0 aliphatic carbocycles. The van der Waals surface area contributed by atoms with Crippen LogP contribution in [0.3, 0.4) is 0 Å². The van der Waals surface area contributed by atoms with Crippen molar-refractivity contribution in [3.8, 4) is 0 Å². The second kappa shape index (κ2) is 8.46. The molecule has 0 bridgehead atoms. The third-order valence-electron chi connectivity index (χ3n) is 4.79. The Balaban J connectivity index is 1.84. The van der Waals surface area contributed by atoms with Crippen LogP contribution in [0.5, 0.6) is 0 Å². The van der Waals surface area contributed by atoms with E-state index in [0.29, 0.717) is 5.02 Å². The number of hydrogen-bond donors (Lipinski definition) is 0. The minimum Gasteiger partial charge on any atom is -0.302 e. The monoisotopic (exact) mass is 341 g/mol. The van der Waals surface area contributed by atoms with Crippen molar-refractivity contribution in [2.24, 2.45) is 0 Å². The first-order chi connectivity index (χ1) is 11.7. The highest BCUT2D eigenvalue weighted by molar-refractivity contribution is 6.30. The summed E-state index contributed by atoms with van der Waals surface area (Å²) in [5, 5.41) is 0.662. The Morgan fingerprint density at radius 2 is 1.54 bits per heavy atom. The van der Waals surface area contributed by atoms with Crippen LogP contribution in [-0.4, -0.2) is 30.3 Å². The molecule has 1 saturated heterocycles. The lowest BCUT2D eigenvalue weighted by atomic mass is 9.90. The number of carbonyl (C=O) groups excluding carboxylic acids is 1. The molecule has 0 N–H and O–H groups in total. The zero-order chi connectivity index (χ0) is 16.8. The second-order valence-corrected chi connectivity index (χ2v) is 6.99. The molecule has 1 fully saturated rings. The number of carbonyl (C=O) groups is 1. The van der Waals surface area contributed by atoms with E-state index in [0.717, 1.165) is 30.8 Å². The highest BCUT2D eigenvalue weighted by atomic mass is 35.5. The summed E-state index contributed by atoms with van der Waals surface area (Å²) in [5.41, 5.74) is 1.84. The fourth-order valence-corrected chi connectivity index (χ4v) is 3.54. The standard InChI is InChI=1S/C21H24ClNO/c22-19-12-10-18(11-13-19)21(24)20(17-8-4-3-5-9-17)16-23-14-6-1-2-7-15-23/h3-5,8-13,20H,1-2,6-7,14-16H2/t20-/m0/s1. The number of nitrogens with zero attached hydrogens (tertiary/aromatic N) is 1. The van der Waals surface area contributed by atoms with Gasteiger partial charge in [0, 0.05) is 17.1 Å². The number of hydrogen-bond acceptors (Lipinski definition) is 2. The Labute approximate surface area is 149 Å². The van der Waals surface area contributed by atoms with Gasteiger partial charge < -0.3 is 4.90 Å². The van der Waals surface area contributed by atoms with Gasteiger partial charge in [-0.05, 0) is 55.8 Å². The summed E-state index contributed by atoms with van der Waals surface area (Å²) in [4.78, 5) is 15.6. The first-order valence-corrected chi connectivity index (χ1v) is 9.19. The van der Waals surface area contributed by atoms with E-state index >= 15 is 0 Å². The Hall–Kier alpha value is -1.64. The van der Waals surface area contributed by atoms with Crippen molar-refractivity contribution in [3.63, 3.8) is 0 Å². The third-order valence-corrected chi connectivity index (χ3v) is 5.04. The number of likely N-dealkylation sites (tertiary alicyclic amines) is 1. The Bertz CT molecular complexity index is 645. The highest BCUT2D eigenvalue weighted by Gasteiger charge is 2.25. The van der Waals surface area contributed by atoms with Gasteiger partial charge in [-0.3, -0.25) is 4.79 Å². The van der Waals surface area contributed by atoms with E-state index < -0.39 is 0 Å². The smallest absolute Gasteiger partial charge is 0.171 e. The summed E-state index contributed by atoms with van der Waals surface area (Å²) in [6.45, 7) is 2.99. The topological polar surface area (TPSA) is 20.3 Å². The van der Waals surface area contributed by atoms with Crippen LogP contribution < -0.4 is 0 Å². The molecular weight excluding hydrogens is 318 g/mol. The predicted octanol–water partition coefficient (Wildman–Crippen LogP) is 5.18. The lowest BCUT2D eigenvalue weighted by Crippen LogP contribution is -2.33. The largest absolute Gasteiger partial charge is 0.302 e. The van der Waals surface area contributed by atoms with Crippen LogP contribution in [-0.2, 0) is 0 Å². The summed E-state index contributed by atoms with van der Waals surface area (Å²) in [5.74, 6) is 0.0626. The van der Waals surface area contributed by atoms with Crippen molar-refractivity contribution in [2.45, 2.75) is 31.6 Å². The zero-order valence-corrected chi connectivity index (χ0v) is 14.7. The molecule has 1 atom stereocenters. The molecule has 0 aromatic heterocycles. The average molecular weight is 342 g/mol. The van der Waals surface area contributed by atoms with E-state index in [4.69, 9.17) is 11.6 Å². The average Bonchev–Trinajstić information content (AvgIpc) is 2.89. The number of rotatable bonds is 5. The number of benzene rings is 2. The quantitative estimate of drug-likeness (QED) is 0.698. The van der Waals surface area contributed by atoms with Gasteiger partial charge in [-0.25, -0.2) is 0 Å². The number of halogens is 1. The summed E-state index contributed by atoms with van der Waals surface area (Å²) in [6, 6.07) is 17.4. The van der Waals surface area contributed by atoms with Crippen molar-refractivity contribution in [3.05, 3.63) is 70.7 Å². The molecular formula is C21H24ClNO. The van der Waals surface area contributed by atoms with Gasteiger partial charge in [0.2, 0.25) is 0 Å². The molecule has 2 aromatic rings. The fraction of sp³-hybridized carbons (Fsp3) is 0.381. The molecule has 1 aliphatic heterocycles. The van der Waals surface area contributed by atoms with Crippen molar-refractivity contribution >= 4 is 17.4 Å². The van der Waals surface area contributed by atoms with Crippen LogP contribution in [0.15, 0.2) is 54.6 Å². The molecule has 2 aromatic carbocycles. The summed E-state index contributed by atoms with van der Waals surface area (Å²) >= 11 is 5.97. The van der Waals surface area contributed by atoms with Crippen LogP contribution in [0.25, 0.3) is 0 Å². The fourth-order valence-electron chi connectivity index (χ4n) is 3.42. The maximum atomic E-state index is 13.1. The molecule has 0 amide bonds. The second-order valence-electron chi connectivity index (χ2n) is 6.55. The first kappa shape index (κ1) is 17.2. The van der Waals surface area contributed by atoms with E-state index in [9.17, 15) is 4.79 Å². The zero-order valence-electron chi connectivity index (χ0n) is 14.0. The minimum atomic E-state index is -0.120. The molecule has 0 radical (unpaired) electrons. The van der Waals surface area contributed by atoms with Crippen molar-refractivity contribution in [1.82, 2.24) is 4.90 Å². The van der Waals surface area contributed by atoms with Gasteiger partial charge in [0.25, 0.3) is 0 Å². The van der Waals surface area contributed by atoms with E-state index in [1.54, 1.807) is 12.1 Å². The molecule has 0 unspecified atom stereocenters. The van der Waals surface area contributed by atoms with E-state index in [1.165, 1.54) is 25.7 Å². The van der Waals surface area contributed by atoms with Gasteiger partial charge in [-0.1, -0.05) is 54.8 Å². The third kappa shape index (κ3) is 4.46. The van der Waals surface area contributed by atoms with Gasteiger partial charge in [0.05, 0.1) is 5.92 Å². The van der Waals surface area contributed by atoms with Gasteiger partial charge in [0.15, 0.2) is 5.78 Å². The van der Waals surface area contributed by atoms with Gasteiger partial charge >= 0.3 is 0 Å². The van der Waals surface area contributed by atoms with E-state index in [-0.39, 0.29) is 11.7 Å². The maximum absolute atomic E-state index is 13.1. The van der Waals surface area contributed by atoms with E-state index in [1.807, 2.05) is 30.3 Å². The summed E-state index contributed by atoms with van der Waals surface area (Å²) in [6.07, 6.45) is 5.07. The molecule has 3 heteroatoms. The van der Waals surface area contributed by atoms with Crippen LogP contribution in [0.1, 0.15) is 47.5 Å². The minimum absolute atomic E-state index is 0.120. The Morgan fingerprint density at radius 3 is 2.17 bits per heavy atom. The molecule has 3 rings (SSSR count). The van der Waals surface area contributed by atoms with Crippen LogP contribution >= 0.6 is 11.6 Å². The molecule has 24 heavy (non-hydrogen) atoms. The van der Waals surface area contributed by atoms with Gasteiger partial charge in [0.1, 0.15) is 0 Å². The van der Waals surface area contributed by atoms with Crippen LogP contribution in [0, 0.1) is 0 Å². The SMILES string of the molecule is O=C(c1ccc(Cl)cc1)[C@@H](CN1CCCCCC1)c1ccccc1. The van der Waals surface area contributed by atoms with Crippen LogP contribution in [0.2, 0.25) is 5.02 Å². The Kier molecular flexibility index (Phi) is 6.06. The highest BCUT2D eigenvalue weighted by Crippen LogP contribution is 2.24. The maximum Gasteiger partial charge on any atom is 0.171 e. The molecule has 1 aliphatic rings. The molecule has 2 nitrogen and oxygen atoms in total.